The van der Waals surface area contributed by atoms with Crippen molar-refractivity contribution in [3.63, 3.8) is 0 Å². The van der Waals surface area contributed by atoms with Crippen LogP contribution in [0.1, 0.15) is 19.3 Å². The minimum atomic E-state index is -0.393. The third-order valence-electron chi connectivity index (χ3n) is 2.50. The van der Waals surface area contributed by atoms with Crippen LogP contribution >= 0.6 is 0 Å². The Morgan fingerprint density at radius 1 is 1.29 bits per heavy atom. The summed E-state index contributed by atoms with van der Waals surface area (Å²) in [7, 11) is 0. The molecule has 0 radical (unpaired) electrons. The fourth-order valence-electron chi connectivity index (χ4n) is 1.64. The van der Waals surface area contributed by atoms with E-state index in [0.717, 1.165) is 19.3 Å². The number of hydrogen-bond acceptors (Lipinski definition) is 4. The molecule has 0 aliphatic carbocycles. The zero-order chi connectivity index (χ0) is 11.9. The molecule has 92 valence electrons. The fraction of sp³-hybridized carbons (Fsp3) is 0.462. The SMILES string of the molecule is O=C(COc1ccccc1)OC1CCCCO1. The van der Waals surface area contributed by atoms with Gasteiger partial charge in [0.05, 0.1) is 6.61 Å². The molecule has 4 nitrogen and oxygen atoms in total. The first-order chi connectivity index (χ1) is 8.34. The second kappa shape index (κ2) is 6.25. The number of esters is 1. The molecule has 1 saturated heterocycles. The quantitative estimate of drug-likeness (QED) is 0.751. The van der Waals surface area contributed by atoms with Crippen molar-refractivity contribution >= 4 is 5.97 Å². The lowest BCUT2D eigenvalue weighted by Gasteiger charge is -2.22. The molecular weight excluding hydrogens is 220 g/mol. The molecule has 2 rings (SSSR count). The molecule has 1 aliphatic heterocycles. The van der Waals surface area contributed by atoms with Crippen LogP contribution < -0.4 is 4.74 Å². The zero-order valence-electron chi connectivity index (χ0n) is 9.63. The Hall–Kier alpha value is -1.55. The second-order valence-electron chi connectivity index (χ2n) is 3.89. The first-order valence-electron chi connectivity index (χ1n) is 5.83. The molecule has 1 aliphatic rings. The number of hydrogen-bond donors (Lipinski definition) is 0. The van der Waals surface area contributed by atoms with Crippen molar-refractivity contribution < 1.29 is 19.0 Å². The molecule has 0 aromatic heterocycles. The fourth-order valence-corrected chi connectivity index (χ4v) is 1.64. The molecule has 0 amide bonds. The summed E-state index contributed by atoms with van der Waals surface area (Å²) >= 11 is 0. The third kappa shape index (κ3) is 4.07. The van der Waals surface area contributed by atoms with Gasteiger partial charge in [0.1, 0.15) is 5.75 Å². The predicted molar refractivity (Wildman–Crippen MR) is 61.6 cm³/mol. The average molecular weight is 236 g/mol. The summed E-state index contributed by atoms with van der Waals surface area (Å²) in [6.07, 6.45) is 2.46. The zero-order valence-corrected chi connectivity index (χ0v) is 9.63. The van der Waals surface area contributed by atoms with Crippen molar-refractivity contribution in [2.75, 3.05) is 13.2 Å². The van der Waals surface area contributed by atoms with Crippen LogP contribution in [0.15, 0.2) is 30.3 Å². The van der Waals surface area contributed by atoms with Crippen LogP contribution in [0, 0.1) is 0 Å². The predicted octanol–water partition coefficient (Wildman–Crippen LogP) is 2.14. The summed E-state index contributed by atoms with van der Waals surface area (Å²) in [5.41, 5.74) is 0. The van der Waals surface area contributed by atoms with E-state index in [9.17, 15) is 4.79 Å². The highest BCUT2D eigenvalue weighted by Crippen LogP contribution is 2.14. The monoisotopic (exact) mass is 236 g/mol. The Kier molecular flexibility index (Phi) is 4.38. The van der Waals surface area contributed by atoms with Gasteiger partial charge in [0.2, 0.25) is 6.29 Å². The molecule has 4 heteroatoms. The van der Waals surface area contributed by atoms with Gasteiger partial charge >= 0.3 is 5.97 Å². The van der Waals surface area contributed by atoms with Crippen molar-refractivity contribution in [2.24, 2.45) is 0 Å². The van der Waals surface area contributed by atoms with E-state index in [4.69, 9.17) is 14.2 Å². The normalized spacial score (nSPS) is 19.6. The smallest absolute Gasteiger partial charge is 0.346 e. The van der Waals surface area contributed by atoms with E-state index in [1.807, 2.05) is 18.2 Å². The average Bonchev–Trinajstić information content (AvgIpc) is 2.39. The van der Waals surface area contributed by atoms with Crippen LogP contribution in [0.25, 0.3) is 0 Å². The van der Waals surface area contributed by atoms with Crippen LogP contribution in [0.2, 0.25) is 0 Å². The van der Waals surface area contributed by atoms with E-state index >= 15 is 0 Å². The molecule has 1 atom stereocenters. The lowest BCUT2D eigenvalue weighted by atomic mass is 10.2. The standard InChI is InChI=1S/C13H16O4/c14-12(17-13-8-4-5-9-15-13)10-16-11-6-2-1-3-7-11/h1-3,6-7,13H,4-5,8-10H2. The molecule has 1 aromatic carbocycles. The maximum Gasteiger partial charge on any atom is 0.346 e. The summed E-state index contributed by atoms with van der Waals surface area (Å²) in [4.78, 5) is 11.5. The largest absolute Gasteiger partial charge is 0.482 e. The highest BCUT2D eigenvalue weighted by atomic mass is 16.7. The molecule has 1 unspecified atom stereocenters. The van der Waals surface area contributed by atoms with Crippen LogP contribution in [0.3, 0.4) is 0 Å². The Morgan fingerprint density at radius 3 is 2.82 bits per heavy atom. The molecule has 0 N–H and O–H groups in total. The van der Waals surface area contributed by atoms with Crippen LogP contribution in [0.5, 0.6) is 5.75 Å². The van der Waals surface area contributed by atoms with Gasteiger partial charge in [-0.1, -0.05) is 18.2 Å². The van der Waals surface area contributed by atoms with Crippen LogP contribution in [-0.2, 0) is 14.3 Å². The minimum absolute atomic E-state index is 0.0795. The van der Waals surface area contributed by atoms with E-state index in [1.165, 1.54) is 0 Å². The highest BCUT2D eigenvalue weighted by molar-refractivity contribution is 5.71. The lowest BCUT2D eigenvalue weighted by molar-refractivity contribution is -0.188. The third-order valence-corrected chi connectivity index (χ3v) is 2.50. The first kappa shape index (κ1) is 11.9. The molecule has 1 heterocycles. The van der Waals surface area contributed by atoms with Crippen molar-refractivity contribution in [1.82, 2.24) is 0 Å². The molecule has 0 bridgehead atoms. The number of ether oxygens (including phenoxy) is 3. The van der Waals surface area contributed by atoms with Crippen molar-refractivity contribution in [2.45, 2.75) is 25.6 Å². The Balaban J connectivity index is 1.70. The van der Waals surface area contributed by atoms with E-state index in [1.54, 1.807) is 12.1 Å². The van der Waals surface area contributed by atoms with Crippen LogP contribution in [0.4, 0.5) is 0 Å². The second-order valence-corrected chi connectivity index (χ2v) is 3.89. The van der Waals surface area contributed by atoms with Gasteiger partial charge in [-0.3, -0.25) is 0 Å². The van der Waals surface area contributed by atoms with Gasteiger partial charge < -0.3 is 14.2 Å². The van der Waals surface area contributed by atoms with Crippen molar-refractivity contribution in [1.29, 1.82) is 0 Å². The maximum absolute atomic E-state index is 11.5. The van der Waals surface area contributed by atoms with Gasteiger partial charge in [-0.2, -0.15) is 0 Å². The van der Waals surface area contributed by atoms with Gasteiger partial charge in [0, 0.05) is 6.42 Å². The van der Waals surface area contributed by atoms with E-state index < -0.39 is 6.29 Å². The number of rotatable bonds is 4. The molecule has 0 saturated carbocycles. The maximum atomic E-state index is 11.5. The van der Waals surface area contributed by atoms with E-state index in [0.29, 0.717) is 12.4 Å². The number of carbonyl (C=O) groups excluding carboxylic acids is 1. The minimum Gasteiger partial charge on any atom is -0.482 e. The Bertz CT molecular complexity index is 344. The van der Waals surface area contributed by atoms with Gasteiger partial charge in [-0.25, -0.2) is 4.79 Å². The van der Waals surface area contributed by atoms with Crippen LogP contribution in [-0.4, -0.2) is 25.5 Å². The van der Waals surface area contributed by atoms with E-state index in [-0.39, 0.29) is 12.6 Å². The number of para-hydroxylation sites is 1. The number of benzene rings is 1. The molecule has 17 heavy (non-hydrogen) atoms. The molecule has 0 spiro atoms. The number of carbonyl (C=O) groups is 1. The molecule has 1 aromatic rings. The summed E-state index contributed by atoms with van der Waals surface area (Å²) in [5, 5.41) is 0. The van der Waals surface area contributed by atoms with Gasteiger partial charge in [0.15, 0.2) is 6.61 Å². The topological polar surface area (TPSA) is 44.8 Å². The summed E-state index contributed by atoms with van der Waals surface area (Å²) in [6, 6.07) is 9.19. The first-order valence-corrected chi connectivity index (χ1v) is 5.83. The van der Waals surface area contributed by atoms with Gasteiger partial charge in [0.25, 0.3) is 0 Å². The Labute approximate surface area is 100 Å². The summed E-state index contributed by atoms with van der Waals surface area (Å²) in [5.74, 6) is 0.273. The van der Waals surface area contributed by atoms with E-state index in [2.05, 4.69) is 0 Å². The van der Waals surface area contributed by atoms with Crippen molar-refractivity contribution in [3.05, 3.63) is 30.3 Å². The molecule has 1 fully saturated rings. The Morgan fingerprint density at radius 2 is 2.12 bits per heavy atom. The summed E-state index contributed by atoms with van der Waals surface area (Å²) in [6.45, 7) is 0.585. The lowest BCUT2D eigenvalue weighted by Crippen LogP contribution is -2.27. The van der Waals surface area contributed by atoms with Gasteiger partial charge in [-0.05, 0) is 25.0 Å². The summed E-state index contributed by atoms with van der Waals surface area (Å²) < 4.78 is 15.7. The molecular formula is C13H16O4. The van der Waals surface area contributed by atoms with Crippen molar-refractivity contribution in [3.8, 4) is 5.75 Å². The van der Waals surface area contributed by atoms with Gasteiger partial charge in [-0.15, -0.1) is 0 Å². The highest BCUT2D eigenvalue weighted by Gasteiger charge is 2.18.